The zero-order valence-corrected chi connectivity index (χ0v) is 11.7. The van der Waals surface area contributed by atoms with Crippen molar-refractivity contribution in [1.82, 2.24) is 9.78 Å². The van der Waals surface area contributed by atoms with Gasteiger partial charge >= 0.3 is 0 Å². The Morgan fingerprint density at radius 1 is 1.39 bits per heavy atom. The number of hydrogen-bond acceptors (Lipinski definition) is 2. The molecule has 0 aliphatic rings. The second kappa shape index (κ2) is 4.75. The Morgan fingerprint density at radius 2 is 2.06 bits per heavy atom. The maximum absolute atomic E-state index is 6.42. The molecule has 96 valence electrons. The molecule has 0 spiro atoms. The summed E-state index contributed by atoms with van der Waals surface area (Å²) in [6.45, 7) is 3.98. The van der Waals surface area contributed by atoms with E-state index in [1.807, 2.05) is 49.8 Å². The molecule has 1 aromatic carbocycles. The van der Waals surface area contributed by atoms with Gasteiger partial charge in [0.15, 0.2) is 0 Å². The molecule has 0 radical (unpaired) electrons. The molecule has 1 unspecified atom stereocenters. The van der Waals surface area contributed by atoms with Crippen molar-refractivity contribution in [2.75, 3.05) is 0 Å². The van der Waals surface area contributed by atoms with Crippen LogP contribution in [0.25, 0.3) is 0 Å². The summed E-state index contributed by atoms with van der Waals surface area (Å²) in [5, 5.41) is 5.05. The summed E-state index contributed by atoms with van der Waals surface area (Å²) in [4.78, 5) is 0. The van der Waals surface area contributed by atoms with Crippen LogP contribution < -0.4 is 5.73 Å². The fourth-order valence-corrected chi connectivity index (χ4v) is 2.58. The highest BCUT2D eigenvalue weighted by Crippen LogP contribution is 2.28. The molecule has 0 aliphatic carbocycles. The predicted octanol–water partition coefficient (Wildman–Crippen LogP) is 2.80. The number of nitrogens with two attached hydrogens (primary N) is 1. The first kappa shape index (κ1) is 13.1. The van der Waals surface area contributed by atoms with E-state index >= 15 is 0 Å². The Hall–Kier alpha value is -1.32. The van der Waals surface area contributed by atoms with Crippen molar-refractivity contribution in [1.29, 1.82) is 0 Å². The Bertz CT molecular complexity index is 558. The van der Waals surface area contributed by atoms with Crippen LogP contribution in [0, 0.1) is 6.92 Å². The second-order valence-electron chi connectivity index (χ2n) is 4.97. The van der Waals surface area contributed by atoms with E-state index in [-0.39, 0.29) is 0 Å². The summed E-state index contributed by atoms with van der Waals surface area (Å²) in [7, 11) is 1.94. The number of benzene rings is 1. The minimum absolute atomic E-state index is 0.501. The Balaban J connectivity index is 2.32. The van der Waals surface area contributed by atoms with Crippen LogP contribution in [-0.2, 0) is 19.0 Å². The number of aromatic nitrogens is 2. The SMILES string of the molecule is Cc1cc(CC(C)(N)c2ccccc2Cl)n(C)n1. The minimum atomic E-state index is -0.501. The highest BCUT2D eigenvalue weighted by atomic mass is 35.5. The zero-order valence-electron chi connectivity index (χ0n) is 10.9. The number of rotatable bonds is 3. The van der Waals surface area contributed by atoms with Crippen LogP contribution in [-0.4, -0.2) is 9.78 Å². The van der Waals surface area contributed by atoms with E-state index in [0.717, 1.165) is 17.0 Å². The third-order valence-electron chi connectivity index (χ3n) is 3.14. The predicted molar refractivity (Wildman–Crippen MR) is 74.6 cm³/mol. The standard InChI is InChI=1S/C14H18ClN3/c1-10-8-11(18(3)17-10)9-14(2,16)12-6-4-5-7-13(12)15/h4-8H,9,16H2,1-3H3. The lowest BCUT2D eigenvalue weighted by Gasteiger charge is -2.26. The molecule has 0 saturated heterocycles. The fraction of sp³-hybridized carbons (Fsp3) is 0.357. The number of halogens is 1. The van der Waals surface area contributed by atoms with Crippen LogP contribution in [0.4, 0.5) is 0 Å². The summed E-state index contributed by atoms with van der Waals surface area (Å²) in [6.07, 6.45) is 0.702. The molecule has 4 heteroatoms. The summed E-state index contributed by atoms with van der Waals surface area (Å²) in [5.74, 6) is 0. The first-order valence-corrected chi connectivity index (χ1v) is 6.31. The van der Waals surface area contributed by atoms with Crippen LogP contribution in [0.5, 0.6) is 0 Å². The molecule has 2 aromatic rings. The first-order valence-electron chi connectivity index (χ1n) is 5.93. The zero-order chi connectivity index (χ0) is 13.3. The second-order valence-corrected chi connectivity index (χ2v) is 5.38. The quantitative estimate of drug-likeness (QED) is 0.925. The van der Waals surface area contributed by atoms with Crippen LogP contribution in [0.3, 0.4) is 0 Å². The van der Waals surface area contributed by atoms with Crippen LogP contribution in [0.15, 0.2) is 30.3 Å². The summed E-state index contributed by atoms with van der Waals surface area (Å²) in [6, 6.07) is 9.78. The lowest BCUT2D eigenvalue weighted by molar-refractivity contribution is 0.472. The third-order valence-corrected chi connectivity index (χ3v) is 3.47. The van der Waals surface area contributed by atoms with E-state index < -0.39 is 5.54 Å². The summed E-state index contributed by atoms with van der Waals surface area (Å²) in [5.41, 5.74) is 9.00. The van der Waals surface area contributed by atoms with E-state index in [4.69, 9.17) is 17.3 Å². The van der Waals surface area contributed by atoms with Crippen molar-refractivity contribution in [3.63, 3.8) is 0 Å². The average molecular weight is 264 g/mol. The normalized spacial score (nSPS) is 14.5. The van der Waals surface area contributed by atoms with Crippen LogP contribution in [0.1, 0.15) is 23.9 Å². The molecular formula is C14H18ClN3. The first-order chi connectivity index (χ1) is 8.40. The molecule has 1 heterocycles. The van der Waals surface area contributed by atoms with Gasteiger partial charge in [0, 0.05) is 29.7 Å². The maximum atomic E-state index is 6.42. The number of nitrogens with zero attached hydrogens (tertiary/aromatic N) is 2. The lowest BCUT2D eigenvalue weighted by atomic mass is 9.88. The fourth-order valence-electron chi connectivity index (χ4n) is 2.23. The molecule has 0 saturated carbocycles. The molecule has 0 amide bonds. The van der Waals surface area contributed by atoms with Gasteiger partial charge in [0.2, 0.25) is 0 Å². The van der Waals surface area contributed by atoms with Crippen molar-refractivity contribution in [2.45, 2.75) is 25.8 Å². The largest absolute Gasteiger partial charge is 0.321 e. The van der Waals surface area contributed by atoms with Gasteiger partial charge in [-0.25, -0.2) is 0 Å². The molecule has 0 fully saturated rings. The highest BCUT2D eigenvalue weighted by molar-refractivity contribution is 6.31. The Kier molecular flexibility index (Phi) is 3.46. The molecule has 18 heavy (non-hydrogen) atoms. The van der Waals surface area contributed by atoms with E-state index in [0.29, 0.717) is 11.4 Å². The van der Waals surface area contributed by atoms with Gasteiger partial charge in [0.25, 0.3) is 0 Å². The van der Waals surface area contributed by atoms with Crippen molar-refractivity contribution in [2.24, 2.45) is 12.8 Å². The number of hydrogen-bond donors (Lipinski definition) is 1. The minimum Gasteiger partial charge on any atom is -0.321 e. The Labute approximate surface area is 113 Å². The molecule has 1 aromatic heterocycles. The molecule has 3 nitrogen and oxygen atoms in total. The monoisotopic (exact) mass is 263 g/mol. The Morgan fingerprint density at radius 3 is 2.61 bits per heavy atom. The summed E-state index contributed by atoms with van der Waals surface area (Å²) < 4.78 is 1.87. The van der Waals surface area contributed by atoms with Gasteiger partial charge in [0.1, 0.15) is 0 Å². The van der Waals surface area contributed by atoms with E-state index in [2.05, 4.69) is 11.2 Å². The van der Waals surface area contributed by atoms with Gasteiger partial charge in [-0.3, -0.25) is 4.68 Å². The van der Waals surface area contributed by atoms with E-state index in [1.54, 1.807) is 0 Å². The van der Waals surface area contributed by atoms with Crippen LogP contribution >= 0.6 is 11.6 Å². The van der Waals surface area contributed by atoms with Gasteiger partial charge in [-0.2, -0.15) is 5.10 Å². The van der Waals surface area contributed by atoms with Crippen molar-refractivity contribution in [3.8, 4) is 0 Å². The van der Waals surface area contributed by atoms with Gasteiger partial charge in [-0.1, -0.05) is 29.8 Å². The molecule has 0 aliphatic heterocycles. The molecule has 2 N–H and O–H groups in total. The smallest absolute Gasteiger partial charge is 0.0596 e. The van der Waals surface area contributed by atoms with Crippen molar-refractivity contribution >= 4 is 11.6 Å². The van der Waals surface area contributed by atoms with Crippen molar-refractivity contribution in [3.05, 3.63) is 52.3 Å². The average Bonchev–Trinajstić information content (AvgIpc) is 2.57. The van der Waals surface area contributed by atoms with Gasteiger partial charge in [0.05, 0.1) is 5.69 Å². The molecule has 2 rings (SSSR count). The van der Waals surface area contributed by atoms with Crippen molar-refractivity contribution < 1.29 is 0 Å². The van der Waals surface area contributed by atoms with Crippen LogP contribution in [0.2, 0.25) is 5.02 Å². The molecule has 1 atom stereocenters. The van der Waals surface area contributed by atoms with Gasteiger partial charge in [-0.05, 0) is 31.5 Å². The molecular weight excluding hydrogens is 246 g/mol. The lowest BCUT2D eigenvalue weighted by Crippen LogP contribution is -2.36. The third kappa shape index (κ3) is 2.57. The van der Waals surface area contributed by atoms with Gasteiger partial charge in [-0.15, -0.1) is 0 Å². The van der Waals surface area contributed by atoms with E-state index in [9.17, 15) is 0 Å². The topological polar surface area (TPSA) is 43.8 Å². The maximum Gasteiger partial charge on any atom is 0.0596 e. The summed E-state index contributed by atoms with van der Waals surface area (Å²) >= 11 is 6.22. The van der Waals surface area contributed by atoms with E-state index in [1.165, 1.54) is 0 Å². The highest BCUT2D eigenvalue weighted by Gasteiger charge is 2.25. The van der Waals surface area contributed by atoms with Gasteiger partial charge < -0.3 is 5.73 Å². The molecule has 0 bridgehead atoms. The number of aryl methyl sites for hydroxylation is 2.